The van der Waals surface area contributed by atoms with E-state index in [2.05, 4.69) is 45.5 Å². The molecule has 2 N–H and O–H groups in total. The molecule has 35 heavy (non-hydrogen) atoms. The summed E-state index contributed by atoms with van der Waals surface area (Å²) in [7, 11) is 0. The smallest absolute Gasteiger partial charge is 0.219 e. The van der Waals surface area contributed by atoms with Crippen molar-refractivity contribution in [3.05, 3.63) is 72.6 Å². The Morgan fingerprint density at radius 1 is 1.17 bits per heavy atom. The first-order valence-corrected chi connectivity index (χ1v) is 11.8. The van der Waals surface area contributed by atoms with E-state index in [4.69, 9.17) is 10.8 Å². The normalized spacial score (nSPS) is 14.7. The van der Waals surface area contributed by atoms with Crippen LogP contribution in [0, 0.1) is 0 Å². The van der Waals surface area contributed by atoms with E-state index in [1.54, 1.807) is 13.1 Å². The number of nitrogens with zero attached hydrogens (tertiary/aromatic N) is 7. The Bertz CT molecular complexity index is 1530. The zero-order valence-electron chi connectivity index (χ0n) is 19.5. The number of nitrogens with two attached hydrogens (primary N) is 1. The fraction of sp³-hybridized carbons (Fsp3) is 0.269. The van der Waals surface area contributed by atoms with Gasteiger partial charge in [0, 0.05) is 61.2 Å². The highest BCUT2D eigenvalue weighted by Gasteiger charge is 2.26. The van der Waals surface area contributed by atoms with Crippen LogP contribution in [0.2, 0.25) is 0 Å². The molecule has 9 heteroatoms. The number of piperidine rings is 1. The van der Waals surface area contributed by atoms with Gasteiger partial charge in [-0.3, -0.25) is 14.5 Å². The molecule has 0 bridgehead atoms. The summed E-state index contributed by atoms with van der Waals surface area (Å²) in [6.07, 6.45) is 8.98. The van der Waals surface area contributed by atoms with E-state index in [0.29, 0.717) is 18.3 Å². The number of likely N-dealkylation sites (tertiary alicyclic amines) is 1. The maximum atomic E-state index is 11.8. The van der Waals surface area contributed by atoms with E-state index >= 15 is 0 Å². The molecular weight excluding hydrogens is 440 g/mol. The van der Waals surface area contributed by atoms with Gasteiger partial charge in [0.2, 0.25) is 5.91 Å². The van der Waals surface area contributed by atoms with E-state index in [9.17, 15) is 4.79 Å². The quantitative estimate of drug-likeness (QED) is 0.434. The number of carbonyl (C=O) groups is 1. The molecule has 0 unspecified atom stereocenters. The Morgan fingerprint density at radius 2 is 2.03 bits per heavy atom. The first kappa shape index (κ1) is 21.3. The number of hydrogen-bond acceptors (Lipinski definition) is 6. The van der Waals surface area contributed by atoms with Crippen molar-refractivity contribution >= 4 is 28.1 Å². The summed E-state index contributed by atoms with van der Waals surface area (Å²) in [5.41, 5.74) is 12.3. The summed E-state index contributed by atoms with van der Waals surface area (Å²) in [4.78, 5) is 22.1. The lowest BCUT2D eigenvalue weighted by Crippen LogP contribution is -2.36. The molecule has 0 saturated carbocycles. The molecular formula is C26H26N8O. The van der Waals surface area contributed by atoms with Gasteiger partial charge >= 0.3 is 0 Å². The van der Waals surface area contributed by atoms with Crippen LogP contribution >= 0.6 is 0 Å². The summed E-state index contributed by atoms with van der Waals surface area (Å²) < 4.78 is 3.87. The SMILES string of the molecule is CC(=O)N1CCC(c2cc(-c3ccc4cn(Cc5cccnc5)nc4c3)c3c(N)ncnn23)CC1. The molecule has 1 aromatic carbocycles. The van der Waals surface area contributed by atoms with Crippen LogP contribution in [0.25, 0.3) is 27.5 Å². The number of fused-ring (bicyclic) bond motifs is 2. The molecule has 1 amide bonds. The van der Waals surface area contributed by atoms with Gasteiger partial charge in [-0.1, -0.05) is 18.2 Å². The lowest BCUT2D eigenvalue weighted by molar-refractivity contribution is -0.129. The van der Waals surface area contributed by atoms with Crippen molar-refractivity contribution in [1.82, 2.24) is 34.3 Å². The topological polar surface area (TPSA) is 107 Å². The summed E-state index contributed by atoms with van der Waals surface area (Å²) in [5, 5.41) is 10.4. The number of benzene rings is 1. The summed E-state index contributed by atoms with van der Waals surface area (Å²) in [5.74, 6) is 0.875. The second-order valence-corrected chi connectivity index (χ2v) is 9.13. The van der Waals surface area contributed by atoms with Gasteiger partial charge in [-0.25, -0.2) is 9.50 Å². The second kappa shape index (κ2) is 8.50. The number of amides is 1. The maximum absolute atomic E-state index is 11.8. The lowest BCUT2D eigenvalue weighted by atomic mass is 9.93. The summed E-state index contributed by atoms with van der Waals surface area (Å²) >= 11 is 0. The number of anilines is 1. The molecule has 5 aromatic rings. The Labute approximate surface area is 202 Å². The number of pyridine rings is 1. The number of hydrogen-bond donors (Lipinski definition) is 1. The molecule has 6 rings (SSSR count). The summed E-state index contributed by atoms with van der Waals surface area (Å²) in [6.45, 7) is 3.80. The van der Waals surface area contributed by atoms with Gasteiger partial charge in [0.05, 0.1) is 12.1 Å². The average Bonchev–Trinajstić information content (AvgIpc) is 3.46. The van der Waals surface area contributed by atoms with Gasteiger partial charge in [0.25, 0.3) is 0 Å². The Morgan fingerprint density at radius 3 is 2.80 bits per heavy atom. The molecule has 9 nitrogen and oxygen atoms in total. The van der Waals surface area contributed by atoms with Crippen molar-refractivity contribution in [2.75, 3.05) is 18.8 Å². The molecule has 176 valence electrons. The van der Waals surface area contributed by atoms with Crippen molar-refractivity contribution in [3.8, 4) is 11.1 Å². The van der Waals surface area contributed by atoms with E-state index in [0.717, 1.165) is 64.7 Å². The number of rotatable bonds is 4. The highest BCUT2D eigenvalue weighted by Crippen LogP contribution is 2.37. The van der Waals surface area contributed by atoms with Gasteiger partial charge in [-0.2, -0.15) is 10.2 Å². The van der Waals surface area contributed by atoms with Crippen LogP contribution < -0.4 is 5.73 Å². The van der Waals surface area contributed by atoms with Crippen molar-refractivity contribution < 1.29 is 4.79 Å². The third-order valence-electron chi connectivity index (χ3n) is 6.90. The number of aromatic nitrogens is 6. The Balaban J connectivity index is 1.38. The molecule has 0 atom stereocenters. The molecule has 1 aliphatic heterocycles. The van der Waals surface area contributed by atoms with Crippen LogP contribution in [-0.4, -0.2) is 53.3 Å². The van der Waals surface area contributed by atoms with E-state index in [1.165, 1.54) is 6.33 Å². The van der Waals surface area contributed by atoms with Crippen LogP contribution in [-0.2, 0) is 11.3 Å². The zero-order valence-corrected chi connectivity index (χ0v) is 19.5. The first-order chi connectivity index (χ1) is 17.1. The minimum atomic E-state index is 0.131. The van der Waals surface area contributed by atoms with Crippen molar-refractivity contribution in [1.29, 1.82) is 0 Å². The Kier molecular flexibility index (Phi) is 5.17. The predicted octanol–water partition coefficient (Wildman–Crippen LogP) is 3.50. The molecule has 0 aliphatic carbocycles. The minimum absolute atomic E-state index is 0.131. The van der Waals surface area contributed by atoms with Gasteiger partial charge in [0.1, 0.15) is 11.8 Å². The molecule has 4 aromatic heterocycles. The second-order valence-electron chi connectivity index (χ2n) is 9.13. The molecule has 0 radical (unpaired) electrons. The van der Waals surface area contributed by atoms with Gasteiger partial charge in [0.15, 0.2) is 5.82 Å². The van der Waals surface area contributed by atoms with Gasteiger partial charge in [-0.15, -0.1) is 0 Å². The Hall–Kier alpha value is -4.27. The van der Waals surface area contributed by atoms with Crippen LogP contribution in [0.4, 0.5) is 5.82 Å². The van der Waals surface area contributed by atoms with Crippen molar-refractivity contribution in [2.45, 2.75) is 32.2 Å². The third-order valence-corrected chi connectivity index (χ3v) is 6.90. The molecule has 1 aliphatic rings. The summed E-state index contributed by atoms with van der Waals surface area (Å²) in [6, 6.07) is 12.4. The van der Waals surface area contributed by atoms with E-state index in [-0.39, 0.29) is 5.91 Å². The third kappa shape index (κ3) is 3.88. The molecule has 1 fully saturated rings. The maximum Gasteiger partial charge on any atom is 0.219 e. The van der Waals surface area contributed by atoms with Crippen LogP contribution in [0.5, 0.6) is 0 Å². The van der Waals surface area contributed by atoms with Gasteiger partial charge in [-0.05, 0) is 42.2 Å². The van der Waals surface area contributed by atoms with Gasteiger partial charge < -0.3 is 10.6 Å². The monoisotopic (exact) mass is 466 g/mol. The predicted molar refractivity (Wildman–Crippen MR) is 134 cm³/mol. The minimum Gasteiger partial charge on any atom is -0.382 e. The van der Waals surface area contributed by atoms with Crippen LogP contribution in [0.1, 0.15) is 36.9 Å². The molecule has 1 saturated heterocycles. The number of nitrogen functional groups attached to an aromatic ring is 1. The van der Waals surface area contributed by atoms with E-state index in [1.807, 2.05) is 32.4 Å². The van der Waals surface area contributed by atoms with E-state index < -0.39 is 0 Å². The average molecular weight is 467 g/mol. The fourth-order valence-electron chi connectivity index (χ4n) is 5.09. The number of carbonyl (C=O) groups excluding carboxylic acids is 1. The molecule has 0 spiro atoms. The first-order valence-electron chi connectivity index (χ1n) is 11.8. The lowest BCUT2D eigenvalue weighted by Gasteiger charge is -2.31. The highest BCUT2D eigenvalue weighted by atomic mass is 16.2. The highest BCUT2D eigenvalue weighted by molar-refractivity contribution is 5.92. The zero-order chi connectivity index (χ0) is 23.9. The standard InChI is InChI=1S/C26H26N8O/c1-17(35)32-9-6-19(7-10-32)24-12-22(25-26(27)29-16-30-34(24)25)20-4-5-21-15-33(31-23(21)11-20)14-18-3-2-8-28-13-18/h2-5,8,11-13,15-16,19H,6-7,9-10,14H2,1H3,(H2,27,29,30). The van der Waals surface area contributed by atoms with Crippen molar-refractivity contribution in [3.63, 3.8) is 0 Å². The van der Waals surface area contributed by atoms with Crippen molar-refractivity contribution in [2.24, 2.45) is 0 Å². The fourth-order valence-corrected chi connectivity index (χ4v) is 5.09. The van der Waals surface area contributed by atoms with Crippen LogP contribution in [0.15, 0.2) is 61.3 Å². The van der Waals surface area contributed by atoms with Crippen LogP contribution in [0.3, 0.4) is 0 Å². The molecule has 5 heterocycles. The largest absolute Gasteiger partial charge is 0.382 e.